The molecule has 2 aromatic carbocycles. The van der Waals surface area contributed by atoms with E-state index >= 15 is 0 Å². The predicted octanol–water partition coefficient (Wildman–Crippen LogP) is 2.75. The summed E-state index contributed by atoms with van der Waals surface area (Å²) in [5.74, 6) is -0.878. The van der Waals surface area contributed by atoms with Crippen LogP contribution in [0.3, 0.4) is 0 Å². The predicted molar refractivity (Wildman–Crippen MR) is 94.8 cm³/mol. The maximum atomic E-state index is 12.3. The number of hydrogen-bond donors (Lipinski definition) is 2. The average molecular weight is 356 g/mol. The molecule has 7 heteroatoms. The number of anilines is 1. The first-order chi connectivity index (χ1) is 12.0. The normalized spacial score (nSPS) is 10.6. The van der Waals surface area contributed by atoms with E-state index < -0.39 is 11.8 Å². The van der Waals surface area contributed by atoms with Gasteiger partial charge in [-0.15, -0.1) is 0 Å². The summed E-state index contributed by atoms with van der Waals surface area (Å²) in [7, 11) is 0. The molecule has 0 fully saturated rings. The number of benzene rings is 2. The molecule has 25 heavy (non-hydrogen) atoms. The van der Waals surface area contributed by atoms with Crippen molar-refractivity contribution in [3.05, 3.63) is 64.7 Å². The summed E-state index contributed by atoms with van der Waals surface area (Å²) in [6.45, 7) is -0.304. The summed E-state index contributed by atoms with van der Waals surface area (Å²) in [6.07, 6.45) is 1.37. The Hall–Kier alpha value is -3.30. The molecular weight excluding hydrogens is 342 g/mol. The number of rotatable bonds is 6. The zero-order chi connectivity index (χ0) is 18.2. The molecule has 0 aliphatic rings. The van der Waals surface area contributed by atoms with Crippen LogP contribution in [0.2, 0.25) is 5.02 Å². The van der Waals surface area contributed by atoms with E-state index in [1.54, 1.807) is 48.5 Å². The van der Waals surface area contributed by atoms with Gasteiger partial charge in [-0.05, 0) is 30.3 Å². The van der Waals surface area contributed by atoms with Crippen LogP contribution in [0.15, 0.2) is 54.1 Å². The number of ether oxygens (including phenoxy) is 1. The first-order valence-corrected chi connectivity index (χ1v) is 7.56. The van der Waals surface area contributed by atoms with Crippen LogP contribution in [0, 0.1) is 11.3 Å². The second-order valence-electron chi connectivity index (χ2n) is 4.93. The van der Waals surface area contributed by atoms with Crippen molar-refractivity contribution in [2.24, 2.45) is 5.73 Å². The topological polar surface area (TPSA) is 105 Å². The highest BCUT2D eigenvalue weighted by atomic mass is 35.5. The molecule has 0 aromatic heterocycles. The summed E-state index contributed by atoms with van der Waals surface area (Å²) in [6, 6.07) is 15.1. The molecule has 0 unspecified atom stereocenters. The highest BCUT2D eigenvalue weighted by Gasteiger charge is 2.12. The Morgan fingerprint density at radius 3 is 2.68 bits per heavy atom. The minimum atomic E-state index is -0.627. The van der Waals surface area contributed by atoms with Gasteiger partial charge in [-0.3, -0.25) is 9.59 Å². The van der Waals surface area contributed by atoms with Crippen LogP contribution in [0.5, 0.6) is 5.75 Å². The maximum absolute atomic E-state index is 12.3. The van der Waals surface area contributed by atoms with E-state index in [4.69, 9.17) is 22.1 Å². The van der Waals surface area contributed by atoms with Gasteiger partial charge in [0.25, 0.3) is 11.8 Å². The Kier molecular flexibility index (Phi) is 6.15. The lowest BCUT2D eigenvalue weighted by atomic mass is 10.1. The molecule has 0 saturated heterocycles. The number of nitrogens with two attached hydrogens (primary N) is 1. The van der Waals surface area contributed by atoms with Crippen LogP contribution in [0.25, 0.3) is 6.08 Å². The largest absolute Gasteiger partial charge is 0.483 e. The number of halogens is 1. The van der Waals surface area contributed by atoms with E-state index in [1.807, 2.05) is 6.07 Å². The minimum Gasteiger partial charge on any atom is -0.483 e. The SMILES string of the molecule is N#C/C(=C\c1ccccc1OCC(N)=O)C(=O)Nc1cccc(Cl)c1. The monoisotopic (exact) mass is 355 g/mol. The van der Waals surface area contributed by atoms with Gasteiger partial charge >= 0.3 is 0 Å². The van der Waals surface area contributed by atoms with Crippen molar-refractivity contribution in [2.45, 2.75) is 0 Å². The van der Waals surface area contributed by atoms with E-state index in [0.717, 1.165) is 0 Å². The van der Waals surface area contributed by atoms with Crippen LogP contribution in [0.1, 0.15) is 5.56 Å². The molecule has 0 heterocycles. The molecule has 0 atom stereocenters. The Balaban J connectivity index is 2.23. The number of nitrogens with one attached hydrogen (secondary N) is 1. The number of nitrogens with zero attached hydrogens (tertiary/aromatic N) is 1. The molecule has 6 nitrogen and oxygen atoms in total. The van der Waals surface area contributed by atoms with Gasteiger partial charge in [0.05, 0.1) is 0 Å². The second kappa shape index (κ2) is 8.52. The maximum Gasteiger partial charge on any atom is 0.266 e. The molecule has 0 aliphatic heterocycles. The zero-order valence-electron chi connectivity index (χ0n) is 13.0. The molecule has 3 N–H and O–H groups in total. The molecule has 2 rings (SSSR count). The molecule has 0 aliphatic carbocycles. The summed E-state index contributed by atoms with van der Waals surface area (Å²) in [4.78, 5) is 23.1. The van der Waals surface area contributed by atoms with Gasteiger partial charge in [0.2, 0.25) is 0 Å². The van der Waals surface area contributed by atoms with Crippen LogP contribution in [-0.4, -0.2) is 18.4 Å². The highest BCUT2D eigenvalue weighted by molar-refractivity contribution is 6.31. The van der Waals surface area contributed by atoms with E-state index in [2.05, 4.69) is 5.32 Å². The lowest BCUT2D eigenvalue weighted by molar-refractivity contribution is -0.120. The van der Waals surface area contributed by atoms with Gasteiger partial charge in [-0.2, -0.15) is 5.26 Å². The average Bonchev–Trinajstić information content (AvgIpc) is 2.58. The van der Waals surface area contributed by atoms with Gasteiger partial charge in [0.15, 0.2) is 6.61 Å². The molecule has 126 valence electrons. The Morgan fingerprint density at radius 2 is 2.00 bits per heavy atom. The van der Waals surface area contributed by atoms with Crippen molar-refractivity contribution in [3.8, 4) is 11.8 Å². The van der Waals surface area contributed by atoms with Crippen molar-refractivity contribution in [1.82, 2.24) is 0 Å². The number of amides is 2. The second-order valence-corrected chi connectivity index (χ2v) is 5.36. The molecule has 0 bridgehead atoms. The van der Waals surface area contributed by atoms with Crippen LogP contribution < -0.4 is 15.8 Å². The summed E-state index contributed by atoms with van der Waals surface area (Å²) < 4.78 is 5.28. The van der Waals surface area contributed by atoms with E-state index in [0.29, 0.717) is 22.0 Å². The van der Waals surface area contributed by atoms with Crippen molar-refractivity contribution in [3.63, 3.8) is 0 Å². The third-order valence-electron chi connectivity index (χ3n) is 3.04. The van der Waals surface area contributed by atoms with E-state index in [1.165, 1.54) is 6.08 Å². The molecule has 2 aromatic rings. The lowest BCUT2D eigenvalue weighted by Gasteiger charge is -2.08. The van der Waals surface area contributed by atoms with E-state index in [9.17, 15) is 14.9 Å². The summed E-state index contributed by atoms with van der Waals surface area (Å²) in [5, 5.41) is 12.3. The van der Waals surface area contributed by atoms with Gasteiger partial charge in [-0.25, -0.2) is 0 Å². The smallest absolute Gasteiger partial charge is 0.266 e. The van der Waals surface area contributed by atoms with Crippen molar-refractivity contribution in [1.29, 1.82) is 5.26 Å². The van der Waals surface area contributed by atoms with Gasteiger partial charge in [0, 0.05) is 16.3 Å². The van der Waals surface area contributed by atoms with Gasteiger partial charge in [-0.1, -0.05) is 35.9 Å². The first-order valence-electron chi connectivity index (χ1n) is 7.18. The van der Waals surface area contributed by atoms with Gasteiger partial charge in [0.1, 0.15) is 17.4 Å². The molecular formula is C18H14ClN3O3. The fourth-order valence-corrected chi connectivity index (χ4v) is 2.14. The third-order valence-corrected chi connectivity index (χ3v) is 3.27. The number of nitriles is 1. The number of carbonyl (C=O) groups excluding carboxylic acids is 2. The van der Waals surface area contributed by atoms with Gasteiger partial charge < -0.3 is 15.8 Å². The quantitative estimate of drug-likeness (QED) is 0.613. The van der Waals surface area contributed by atoms with Crippen LogP contribution in [-0.2, 0) is 9.59 Å². The van der Waals surface area contributed by atoms with Crippen LogP contribution >= 0.6 is 11.6 Å². The minimum absolute atomic E-state index is 0.130. The molecule has 0 radical (unpaired) electrons. The molecule has 0 spiro atoms. The van der Waals surface area contributed by atoms with Crippen molar-refractivity contribution in [2.75, 3.05) is 11.9 Å². The summed E-state index contributed by atoms with van der Waals surface area (Å²) in [5.41, 5.74) is 5.87. The fraction of sp³-hybridized carbons (Fsp3) is 0.0556. The standard InChI is InChI=1S/C18H14ClN3O3/c19-14-5-3-6-15(9-14)22-18(24)13(10-20)8-12-4-1-2-7-16(12)25-11-17(21)23/h1-9H,11H2,(H2,21,23)(H,22,24)/b13-8+. The van der Waals surface area contributed by atoms with Crippen molar-refractivity contribution < 1.29 is 14.3 Å². The molecule has 0 saturated carbocycles. The third kappa shape index (κ3) is 5.37. The Bertz CT molecular complexity index is 872. The fourth-order valence-electron chi connectivity index (χ4n) is 1.95. The van der Waals surface area contributed by atoms with Crippen LogP contribution in [0.4, 0.5) is 5.69 Å². The highest BCUT2D eigenvalue weighted by Crippen LogP contribution is 2.22. The van der Waals surface area contributed by atoms with E-state index in [-0.39, 0.29) is 12.2 Å². The zero-order valence-corrected chi connectivity index (χ0v) is 13.8. The number of hydrogen-bond acceptors (Lipinski definition) is 4. The lowest BCUT2D eigenvalue weighted by Crippen LogP contribution is -2.20. The summed E-state index contributed by atoms with van der Waals surface area (Å²) >= 11 is 5.87. The first kappa shape index (κ1) is 18.0. The Morgan fingerprint density at radius 1 is 1.24 bits per heavy atom. The Labute approximate surface area is 149 Å². The molecule has 2 amide bonds. The number of primary amides is 1. The number of para-hydroxylation sites is 1. The number of carbonyl (C=O) groups is 2. The van der Waals surface area contributed by atoms with Crippen molar-refractivity contribution >= 4 is 35.2 Å².